The highest BCUT2D eigenvalue weighted by molar-refractivity contribution is 7.19. The van der Waals surface area contributed by atoms with Crippen molar-refractivity contribution in [1.29, 1.82) is 0 Å². The van der Waals surface area contributed by atoms with Crippen molar-refractivity contribution >= 4 is 27.4 Å². The first kappa shape index (κ1) is 18.0. The van der Waals surface area contributed by atoms with E-state index >= 15 is 0 Å². The van der Waals surface area contributed by atoms with Gasteiger partial charge in [-0.1, -0.05) is 12.5 Å². The number of nitrogens with two attached hydrogens (primary N) is 1. The first-order valence-electron chi connectivity index (χ1n) is 10.3. The lowest BCUT2D eigenvalue weighted by Crippen LogP contribution is -2.36. The van der Waals surface area contributed by atoms with Gasteiger partial charge in [0.15, 0.2) is 0 Å². The maximum atomic E-state index is 6.27. The highest BCUT2D eigenvalue weighted by atomic mass is 32.1. The zero-order chi connectivity index (χ0) is 19.1. The molecule has 2 aliphatic rings. The topological polar surface area (TPSA) is 67.9 Å². The number of hydrogen-bond acceptors (Lipinski definition) is 6. The fourth-order valence-electron chi connectivity index (χ4n) is 5.38. The maximum absolute atomic E-state index is 6.27. The molecule has 1 saturated carbocycles. The van der Waals surface area contributed by atoms with Crippen LogP contribution in [-0.4, -0.2) is 32.9 Å². The van der Waals surface area contributed by atoms with Gasteiger partial charge in [0.1, 0.15) is 17.0 Å². The van der Waals surface area contributed by atoms with Crippen molar-refractivity contribution in [3.05, 3.63) is 46.9 Å². The van der Waals surface area contributed by atoms with Crippen LogP contribution in [-0.2, 0) is 13.0 Å². The summed E-state index contributed by atoms with van der Waals surface area (Å²) in [5.74, 6) is 2.01. The quantitative estimate of drug-likeness (QED) is 0.712. The average molecular weight is 394 g/mol. The van der Waals surface area contributed by atoms with Crippen LogP contribution in [0.5, 0.6) is 0 Å². The second-order valence-electron chi connectivity index (χ2n) is 8.38. The van der Waals surface area contributed by atoms with Crippen LogP contribution in [0.4, 0.5) is 5.82 Å². The van der Waals surface area contributed by atoms with E-state index in [0.29, 0.717) is 17.8 Å². The Morgan fingerprint density at radius 1 is 1.25 bits per heavy atom. The van der Waals surface area contributed by atoms with Crippen molar-refractivity contribution in [2.45, 2.75) is 57.0 Å². The van der Waals surface area contributed by atoms with Crippen molar-refractivity contribution in [2.24, 2.45) is 5.92 Å². The summed E-state index contributed by atoms with van der Waals surface area (Å²) in [6, 6.07) is 4.84. The van der Waals surface area contributed by atoms with E-state index in [1.807, 2.05) is 29.8 Å². The summed E-state index contributed by atoms with van der Waals surface area (Å²) in [4.78, 5) is 18.1. The Kier molecular flexibility index (Phi) is 4.77. The minimum atomic E-state index is 0.617. The number of aryl methyl sites for hydroxylation is 1. The standard InChI is InChI=1S/C22H27N5S/c1-27(12-14-4-3-9-24-11-14)16-6-2-5-15(10-16)17-7-8-18-19(17)20-21(23)25-13-26-22(20)28-18/h3-4,9,11,13,15-17H,2,5-8,10,12H2,1H3,(H2,23,25,26)/t15?,16-,17?/m0/s1. The molecule has 2 aliphatic carbocycles. The molecule has 6 heteroatoms. The molecule has 2 N–H and O–H groups in total. The third-order valence-electron chi connectivity index (χ3n) is 6.72. The maximum Gasteiger partial charge on any atom is 0.135 e. The van der Waals surface area contributed by atoms with E-state index in [9.17, 15) is 0 Å². The van der Waals surface area contributed by atoms with Gasteiger partial charge in [-0.3, -0.25) is 9.88 Å². The second kappa shape index (κ2) is 7.41. The summed E-state index contributed by atoms with van der Waals surface area (Å²) < 4.78 is 0. The normalized spacial score (nSPS) is 24.7. The van der Waals surface area contributed by atoms with E-state index in [2.05, 4.69) is 33.0 Å². The monoisotopic (exact) mass is 393 g/mol. The van der Waals surface area contributed by atoms with Crippen LogP contribution in [0.2, 0.25) is 0 Å². The van der Waals surface area contributed by atoms with Crippen LogP contribution in [0, 0.1) is 5.92 Å². The molecule has 0 bridgehead atoms. The first-order chi connectivity index (χ1) is 13.7. The molecule has 0 saturated heterocycles. The number of nitrogens with zero attached hydrogens (tertiary/aromatic N) is 4. The molecule has 0 aromatic carbocycles. The van der Waals surface area contributed by atoms with E-state index in [1.54, 1.807) is 6.33 Å². The van der Waals surface area contributed by atoms with E-state index in [4.69, 9.17) is 5.73 Å². The lowest BCUT2D eigenvalue weighted by molar-refractivity contribution is 0.139. The van der Waals surface area contributed by atoms with Crippen LogP contribution in [0.15, 0.2) is 30.9 Å². The second-order valence-corrected chi connectivity index (χ2v) is 9.46. The average Bonchev–Trinajstić information content (AvgIpc) is 3.28. The Hall–Kier alpha value is -2.05. The molecule has 0 aliphatic heterocycles. The SMILES string of the molecule is CN(Cc1cccnc1)[C@H]1CCCC(C2CCc3sc4ncnc(N)c4c32)C1. The number of nitrogen functional groups attached to an aromatic ring is 1. The molecule has 3 aromatic rings. The van der Waals surface area contributed by atoms with Crippen molar-refractivity contribution < 1.29 is 0 Å². The van der Waals surface area contributed by atoms with Gasteiger partial charge in [0, 0.05) is 29.9 Å². The van der Waals surface area contributed by atoms with Gasteiger partial charge in [0.2, 0.25) is 0 Å². The molecule has 2 unspecified atom stereocenters. The molecule has 1 fully saturated rings. The van der Waals surface area contributed by atoms with Gasteiger partial charge < -0.3 is 5.73 Å². The fraction of sp³-hybridized carbons (Fsp3) is 0.500. The lowest BCUT2D eigenvalue weighted by atomic mass is 9.75. The smallest absolute Gasteiger partial charge is 0.135 e. The number of rotatable bonds is 4. The minimum Gasteiger partial charge on any atom is -0.383 e. The van der Waals surface area contributed by atoms with Crippen LogP contribution in [0.1, 0.15) is 54.0 Å². The summed E-state index contributed by atoms with van der Waals surface area (Å²) in [5, 5.41) is 1.15. The number of aromatic nitrogens is 3. The zero-order valence-electron chi connectivity index (χ0n) is 16.3. The van der Waals surface area contributed by atoms with Crippen LogP contribution < -0.4 is 5.73 Å². The molecule has 0 radical (unpaired) electrons. The minimum absolute atomic E-state index is 0.617. The van der Waals surface area contributed by atoms with Gasteiger partial charge in [0.25, 0.3) is 0 Å². The van der Waals surface area contributed by atoms with E-state index < -0.39 is 0 Å². The molecule has 3 aromatic heterocycles. The molecule has 5 rings (SSSR count). The molecular formula is C22H27N5S. The number of hydrogen-bond donors (Lipinski definition) is 1. The largest absolute Gasteiger partial charge is 0.383 e. The van der Waals surface area contributed by atoms with E-state index in [0.717, 1.165) is 22.7 Å². The number of thiophene rings is 1. The Morgan fingerprint density at radius 2 is 2.18 bits per heavy atom. The predicted molar refractivity (Wildman–Crippen MR) is 114 cm³/mol. The summed E-state index contributed by atoms with van der Waals surface area (Å²) in [5.41, 5.74) is 9.05. The molecular weight excluding hydrogens is 366 g/mol. The highest BCUT2D eigenvalue weighted by Gasteiger charge is 2.37. The molecule has 146 valence electrons. The van der Waals surface area contributed by atoms with Gasteiger partial charge in [-0.25, -0.2) is 9.97 Å². The molecule has 0 spiro atoms. The molecule has 3 atom stereocenters. The number of fused-ring (bicyclic) bond motifs is 3. The zero-order valence-corrected chi connectivity index (χ0v) is 17.2. The Balaban J connectivity index is 1.36. The van der Waals surface area contributed by atoms with E-state index in [1.165, 1.54) is 54.5 Å². The fourth-order valence-corrected chi connectivity index (χ4v) is 6.61. The number of pyridine rings is 1. The molecule has 0 amide bonds. The summed E-state index contributed by atoms with van der Waals surface area (Å²) in [6.07, 6.45) is 13.1. The summed E-state index contributed by atoms with van der Waals surface area (Å²) in [7, 11) is 2.27. The van der Waals surface area contributed by atoms with Crippen molar-refractivity contribution in [3.63, 3.8) is 0 Å². The lowest BCUT2D eigenvalue weighted by Gasteiger charge is -2.38. The summed E-state index contributed by atoms with van der Waals surface area (Å²) >= 11 is 1.83. The third kappa shape index (κ3) is 3.18. The van der Waals surface area contributed by atoms with E-state index in [-0.39, 0.29) is 0 Å². The Morgan fingerprint density at radius 3 is 3.04 bits per heavy atom. The summed E-state index contributed by atoms with van der Waals surface area (Å²) in [6.45, 7) is 0.976. The highest BCUT2D eigenvalue weighted by Crippen LogP contribution is 2.50. The number of anilines is 1. The van der Waals surface area contributed by atoms with Crippen LogP contribution in [0.3, 0.4) is 0 Å². The molecule has 28 heavy (non-hydrogen) atoms. The van der Waals surface area contributed by atoms with Crippen molar-refractivity contribution in [3.8, 4) is 0 Å². The van der Waals surface area contributed by atoms with Crippen molar-refractivity contribution in [1.82, 2.24) is 19.9 Å². The molecule has 5 nitrogen and oxygen atoms in total. The van der Waals surface area contributed by atoms with Gasteiger partial charge in [-0.2, -0.15) is 0 Å². The van der Waals surface area contributed by atoms with Gasteiger partial charge >= 0.3 is 0 Å². The first-order valence-corrected chi connectivity index (χ1v) is 11.1. The predicted octanol–water partition coefficient (Wildman–Crippen LogP) is 4.39. The van der Waals surface area contributed by atoms with Gasteiger partial charge in [0.05, 0.1) is 5.39 Å². The Bertz CT molecular complexity index is 970. The Labute approximate surface area is 170 Å². The van der Waals surface area contributed by atoms with Crippen LogP contribution in [0.25, 0.3) is 10.2 Å². The van der Waals surface area contributed by atoms with Gasteiger partial charge in [-0.05, 0) is 68.2 Å². The van der Waals surface area contributed by atoms with Gasteiger partial charge in [-0.15, -0.1) is 11.3 Å². The third-order valence-corrected chi connectivity index (χ3v) is 7.89. The van der Waals surface area contributed by atoms with Crippen molar-refractivity contribution in [2.75, 3.05) is 12.8 Å². The van der Waals surface area contributed by atoms with Crippen LogP contribution >= 0.6 is 11.3 Å². The molecule has 3 heterocycles.